The van der Waals surface area contributed by atoms with Gasteiger partial charge in [0.15, 0.2) is 0 Å². The Balaban J connectivity index is 2.18. The molecular weight excluding hydrogens is 206 g/mol. The Kier molecular flexibility index (Phi) is 3.16. The molecule has 1 aromatic heterocycles. The molecule has 5 heteroatoms. The number of phenolic OH excluding ortho intramolecular Hbond substituents is 1. The van der Waals surface area contributed by atoms with Crippen molar-refractivity contribution in [1.29, 1.82) is 0 Å². The number of nitrogens with one attached hydrogen (secondary N) is 1. The first-order chi connectivity index (χ1) is 7.79. The predicted molar refractivity (Wildman–Crippen MR) is 59.0 cm³/mol. The standard InChI is InChI=1S/C11H13N3O2/c1-12-6-5-10-13-14-11(16-10)8-3-2-4-9(15)7-8/h2-4,7,12,15H,5-6H2,1H3. The third-order valence-electron chi connectivity index (χ3n) is 2.15. The lowest BCUT2D eigenvalue weighted by Gasteiger charge is -1.95. The van der Waals surface area contributed by atoms with Crippen molar-refractivity contribution in [3.8, 4) is 17.2 Å². The molecule has 0 bridgehead atoms. The molecule has 5 nitrogen and oxygen atoms in total. The summed E-state index contributed by atoms with van der Waals surface area (Å²) in [5.41, 5.74) is 0.725. The van der Waals surface area contributed by atoms with E-state index in [0.29, 0.717) is 18.2 Å². The van der Waals surface area contributed by atoms with Gasteiger partial charge in [0, 0.05) is 18.5 Å². The zero-order valence-electron chi connectivity index (χ0n) is 8.97. The molecule has 0 amide bonds. The van der Waals surface area contributed by atoms with Crippen LogP contribution in [0.2, 0.25) is 0 Å². The largest absolute Gasteiger partial charge is 0.508 e. The number of aromatic hydroxyl groups is 1. The summed E-state index contributed by atoms with van der Waals surface area (Å²) < 4.78 is 5.45. The normalized spacial score (nSPS) is 10.6. The molecule has 0 fully saturated rings. The maximum Gasteiger partial charge on any atom is 0.247 e. The summed E-state index contributed by atoms with van der Waals surface area (Å²) in [5, 5.41) is 20.2. The zero-order valence-corrected chi connectivity index (χ0v) is 8.97. The molecule has 0 spiro atoms. The number of phenols is 1. The quantitative estimate of drug-likeness (QED) is 0.808. The van der Waals surface area contributed by atoms with Gasteiger partial charge < -0.3 is 14.8 Å². The lowest BCUT2D eigenvalue weighted by atomic mass is 10.2. The van der Waals surface area contributed by atoms with Crippen LogP contribution in [0.3, 0.4) is 0 Å². The number of aromatic nitrogens is 2. The predicted octanol–water partition coefficient (Wildman–Crippen LogP) is 1.20. The van der Waals surface area contributed by atoms with E-state index >= 15 is 0 Å². The average molecular weight is 219 g/mol. The number of hydrogen-bond donors (Lipinski definition) is 2. The van der Waals surface area contributed by atoms with Gasteiger partial charge in [0.1, 0.15) is 5.75 Å². The number of hydrogen-bond acceptors (Lipinski definition) is 5. The second-order valence-corrected chi connectivity index (χ2v) is 3.40. The lowest BCUT2D eigenvalue weighted by molar-refractivity contribution is 0.474. The first-order valence-electron chi connectivity index (χ1n) is 5.06. The van der Waals surface area contributed by atoms with Gasteiger partial charge in [-0.1, -0.05) is 6.07 Å². The Morgan fingerprint density at radius 1 is 1.38 bits per heavy atom. The maximum atomic E-state index is 9.32. The van der Waals surface area contributed by atoms with Crippen LogP contribution in [0.4, 0.5) is 0 Å². The highest BCUT2D eigenvalue weighted by Crippen LogP contribution is 2.21. The summed E-state index contributed by atoms with van der Waals surface area (Å²) in [6.07, 6.45) is 0.697. The third kappa shape index (κ3) is 2.38. The van der Waals surface area contributed by atoms with Gasteiger partial charge in [0.2, 0.25) is 11.8 Å². The van der Waals surface area contributed by atoms with Crippen LogP contribution in [0.25, 0.3) is 11.5 Å². The van der Waals surface area contributed by atoms with Gasteiger partial charge in [-0.05, 0) is 25.2 Å². The highest BCUT2D eigenvalue weighted by molar-refractivity contribution is 5.54. The van der Waals surface area contributed by atoms with Gasteiger partial charge in [-0.3, -0.25) is 0 Å². The van der Waals surface area contributed by atoms with Gasteiger partial charge in [0.25, 0.3) is 0 Å². The van der Waals surface area contributed by atoms with Crippen molar-refractivity contribution in [2.75, 3.05) is 13.6 Å². The minimum absolute atomic E-state index is 0.187. The molecule has 2 N–H and O–H groups in total. The van der Waals surface area contributed by atoms with E-state index in [9.17, 15) is 5.11 Å². The van der Waals surface area contributed by atoms with Crippen LogP contribution in [0.15, 0.2) is 28.7 Å². The Bertz CT molecular complexity index is 468. The van der Waals surface area contributed by atoms with E-state index in [1.165, 1.54) is 0 Å². The fourth-order valence-corrected chi connectivity index (χ4v) is 1.34. The topological polar surface area (TPSA) is 71.2 Å². The van der Waals surface area contributed by atoms with Crippen molar-refractivity contribution < 1.29 is 9.52 Å². The number of benzene rings is 1. The third-order valence-corrected chi connectivity index (χ3v) is 2.15. The molecule has 2 rings (SSSR count). The molecule has 16 heavy (non-hydrogen) atoms. The molecular formula is C11H13N3O2. The maximum absolute atomic E-state index is 9.32. The van der Waals surface area contributed by atoms with Crippen molar-refractivity contribution in [3.63, 3.8) is 0 Å². The monoisotopic (exact) mass is 219 g/mol. The van der Waals surface area contributed by atoms with Crippen molar-refractivity contribution in [1.82, 2.24) is 15.5 Å². The molecule has 0 atom stereocenters. The SMILES string of the molecule is CNCCc1nnc(-c2cccc(O)c2)o1. The molecule has 0 aliphatic heterocycles. The molecule has 0 saturated heterocycles. The Hall–Kier alpha value is -1.88. The van der Waals surface area contributed by atoms with E-state index < -0.39 is 0 Å². The van der Waals surface area contributed by atoms with Gasteiger partial charge in [0.05, 0.1) is 0 Å². The van der Waals surface area contributed by atoms with Crippen molar-refractivity contribution in [3.05, 3.63) is 30.2 Å². The molecule has 0 radical (unpaired) electrons. The number of nitrogens with zero attached hydrogens (tertiary/aromatic N) is 2. The van der Waals surface area contributed by atoms with Gasteiger partial charge in [-0.15, -0.1) is 10.2 Å². The Labute approximate surface area is 93.1 Å². The number of rotatable bonds is 4. The average Bonchev–Trinajstić information content (AvgIpc) is 2.75. The van der Waals surface area contributed by atoms with E-state index in [4.69, 9.17) is 4.42 Å². The first-order valence-corrected chi connectivity index (χ1v) is 5.06. The van der Waals surface area contributed by atoms with E-state index in [1.807, 2.05) is 13.1 Å². The van der Waals surface area contributed by atoms with Crippen molar-refractivity contribution >= 4 is 0 Å². The van der Waals surface area contributed by atoms with Gasteiger partial charge in [-0.25, -0.2) is 0 Å². The molecule has 2 aromatic rings. The van der Waals surface area contributed by atoms with Crippen LogP contribution in [0.5, 0.6) is 5.75 Å². The van der Waals surface area contributed by atoms with E-state index in [0.717, 1.165) is 12.1 Å². The molecule has 0 aliphatic carbocycles. The van der Waals surface area contributed by atoms with E-state index in [-0.39, 0.29) is 5.75 Å². The van der Waals surface area contributed by atoms with Crippen LogP contribution < -0.4 is 5.32 Å². The van der Waals surface area contributed by atoms with E-state index in [2.05, 4.69) is 15.5 Å². The minimum atomic E-state index is 0.187. The Morgan fingerprint density at radius 3 is 3.00 bits per heavy atom. The summed E-state index contributed by atoms with van der Waals surface area (Å²) in [7, 11) is 1.87. The molecule has 84 valence electrons. The first kappa shape index (κ1) is 10.6. The molecule has 0 saturated carbocycles. The summed E-state index contributed by atoms with van der Waals surface area (Å²) in [6, 6.07) is 6.74. The van der Waals surface area contributed by atoms with Crippen LogP contribution in [-0.4, -0.2) is 28.9 Å². The number of likely N-dealkylation sites (N-methyl/N-ethyl adjacent to an activating group) is 1. The smallest absolute Gasteiger partial charge is 0.247 e. The minimum Gasteiger partial charge on any atom is -0.508 e. The van der Waals surface area contributed by atoms with Crippen molar-refractivity contribution in [2.45, 2.75) is 6.42 Å². The molecule has 1 aromatic carbocycles. The molecule has 0 aliphatic rings. The van der Waals surface area contributed by atoms with Crippen LogP contribution in [0.1, 0.15) is 5.89 Å². The molecule has 0 unspecified atom stereocenters. The highest BCUT2D eigenvalue weighted by Gasteiger charge is 2.08. The Morgan fingerprint density at radius 2 is 2.25 bits per heavy atom. The van der Waals surface area contributed by atoms with E-state index in [1.54, 1.807) is 18.2 Å². The fourth-order valence-electron chi connectivity index (χ4n) is 1.34. The van der Waals surface area contributed by atoms with Crippen LogP contribution >= 0.6 is 0 Å². The lowest BCUT2D eigenvalue weighted by Crippen LogP contribution is -2.10. The summed E-state index contributed by atoms with van der Waals surface area (Å²) >= 11 is 0. The summed E-state index contributed by atoms with van der Waals surface area (Å²) in [5.74, 6) is 1.21. The van der Waals surface area contributed by atoms with Crippen LogP contribution in [0, 0.1) is 0 Å². The second-order valence-electron chi connectivity index (χ2n) is 3.40. The van der Waals surface area contributed by atoms with Gasteiger partial charge in [-0.2, -0.15) is 0 Å². The zero-order chi connectivity index (χ0) is 11.4. The second kappa shape index (κ2) is 4.76. The summed E-state index contributed by atoms with van der Waals surface area (Å²) in [6.45, 7) is 0.793. The van der Waals surface area contributed by atoms with Crippen LogP contribution in [-0.2, 0) is 6.42 Å². The highest BCUT2D eigenvalue weighted by atomic mass is 16.4. The van der Waals surface area contributed by atoms with Crippen molar-refractivity contribution in [2.24, 2.45) is 0 Å². The summed E-state index contributed by atoms with van der Waals surface area (Å²) in [4.78, 5) is 0. The fraction of sp³-hybridized carbons (Fsp3) is 0.273. The molecule has 1 heterocycles. The van der Waals surface area contributed by atoms with Gasteiger partial charge >= 0.3 is 0 Å².